The highest BCUT2D eigenvalue weighted by Gasteiger charge is 2.32. The second-order valence-corrected chi connectivity index (χ2v) is 6.30. The maximum absolute atomic E-state index is 11.9. The third kappa shape index (κ3) is 2.92. The number of furan rings is 1. The molecule has 7 heteroatoms. The minimum absolute atomic E-state index is 0.187. The van der Waals surface area contributed by atoms with Gasteiger partial charge >= 0.3 is 0 Å². The van der Waals surface area contributed by atoms with Gasteiger partial charge in [-0.05, 0) is 31.9 Å². The second-order valence-electron chi connectivity index (χ2n) is 4.61. The Kier molecular flexibility index (Phi) is 3.76. The summed E-state index contributed by atoms with van der Waals surface area (Å²) in [4.78, 5) is 0. The van der Waals surface area contributed by atoms with Gasteiger partial charge in [-0.1, -0.05) is 0 Å². The van der Waals surface area contributed by atoms with Gasteiger partial charge in [0.1, 0.15) is 12.4 Å². The Balaban J connectivity index is 2.03. The predicted octanol–water partition coefficient (Wildman–Crippen LogP) is 0.619. The third-order valence-corrected chi connectivity index (χ3v) is 4.27. The van der Waals surface area contributed by atoms with E-state index in [0.717, 1.165) is 12.8 Å². The van der Waals surface area contributed by atoms with Gasteiger partial charge in [-0.15, -0.1) is 0 Å². The van der Waals surface area contributed by atoms with E-state index in [1.165, 1.54) is 12.1 Å². The Morgan fingerprint density at radius 3 is 2.83 bits per heavy atom. The molecule has 1 atom stereocenters. The van der Waals surface area contributed by atoms with Gasteiger partial charge in [0.2, 0.25) is 5.09 Å². The molecule has 1 aromatic heterocycles. The van der Waals surface area contributed by atoms with Crippen molar-refractivity contribution in [2.45, 2.75) is 37.1 Å². The lowest BCUT2D eigenvalue weighted by Crippen LogP contribution is -2.39. The minimum Gasteiger partial charge on any atom is -0.446 e. The topological polar surface area (TPSA) is 88.8 Å². The molecular formula is C11H17NO5S. The molecule has 1 unspecified atom stereocenters. The molecule has 0 spiro atoms. The zero-order valence-corrected chi connectivity index (χ0v) is 11.0. The smallest absolute Gasteiger partial charge is 0.274 e. The van der Waals surface area contributed by atoms with E-state index in [-0.39, 0.29) is 24.0 Å². The Labute approximate surface area is 106 Å². The largest absolute Gasteiger partial charge is 0.446 e. The summed E-state index contributed by atoms with van der Waals surface area (Å²) in [6.07, 6.45) is 1.77. The molecule has 18 heavy (non-hydrogen) atoms. The molecule has 0 amide bonds. The number of sulfonamides is 1. The molecule has 0 saturated carbocycles. The summed E-state index contributed by atoms with van der Waals surface area (Å²) in [6.45, 7) is 2.43. The monoisotopic (exact) mass is 275 g/mol. The normalized spacial score (nSPS) is 24.6. The van der Waals surface area contributed by atoms with E-state index in [1.807, 2.05) is 6.92 Å². The molecule has 0 bridgehead atoms. The molecule has 1 fully saturated rings. The van der Waals surface area contributed by atoms with E-state index < -0.39 is 15.6 Å². The van der Waals surface area contributed by atoms with E-state index in [1.54, 1.807) is 0 Å². The van der Waals surface area contributed by atoms with Crippen LogP contribution >= 0.6 is 0 Å². The number of rotatable bonds is 5. The molecule has 1 aliphatic heterocycles. The zero-order chi connectivity index (χ0) is 13.2. The summed E-state index contributed by atoms with van der Waals surface area (Å²) in [6, 6.07) is 2.76. The first-order valence-corrected chi connectivity index (χ1v) is 7.27. The van der Waals surface area contributed by atoms with Crippen molar-refractivity contribution in [2.75, 3.05) is 13.2 Å². The van der Waals surface area contributed by atoms with Crippen LogP contribution in [0.2, 0.25) is 0 Å². The molecule has 0 radical (unpaired) electrons. The van der Waals surface area contributed by atoms with E-state index in [4.69, 9.17) is 14.3 Å². The van der Waals surface area contributed by atoms with Crippen molar-refractivity contribution in [3.8, 4) is 0 Å². The Bertz CT molecular complexity index is 501. The van der Waals surface area contributed by atoms with Gasteiger partial charge in [-0.25, -0.2) is 13.1 Å². The number of nitrogens with one attached hydrogen (secondary N) is 1. The van der Waals surface area contributed by atoms with Crippen LogP contribution in [0.1, 0.15) is 25.5 Å². The molecule has 0 aromatic carbocycles. The fourth-order valence-electron chi connectivity index (χ4n) is 1.88. The summed E-state index contributed by atoms with van der Waals surface area (Å²) in [5.74, 6) is 0.221. The minimum atomic E-state index is -3.68. The zero-order valence-electron chi connectivity index (χ0n) is 10.2. The summed E-state index contributed by atoms with van der Waals surface area (Å²) in [5.41, 5.74) is -0.445. The summed E-state index contributed by atoms with van der Waals surface area (Å²) >= 11 is 0. The Morgan fingerprint density at radius 1 is 1.50 bits per heavy atom. The predicted molar refractivity (Wildman–Crippen MR) is 63.4 cm³/mol. The summed E-state index contributed by atoms with van der Waals surface area (Å²) in [7, 11) is -3.68. The first-order valence-electron chi connectivity index (χ1n) is 5.78. The number of ether oxygens (including phenoxy) is 1. The van der Waals surface area contributed by atoms with Crippen molar-refractivity contribution in [1.29, 1.82) is 0 Å². The number of hydrogen-bond acceptors (Lipinski definition) is 5. The van der Waals surface area contributed by atoms with Crippen molar-refractivity contribution in [3.63, 3.8) is 0 Å². The van der Waals surface area contributed by atoms with Crippen LogP contribution in [0.25, 0.3) is 0 Å². The van der Waals surface area contributed by atoms with Crippen LogP contribution in [0.5, 0.6) is 0 Å². The molecule has 2 N–H and O–H groups in total. The number of aliphatic hydroxyl groups is 1. The number of hydrogen-bond donors (Lipinski definition) is 2. The molecule has 2 rings (SSSR count). The van der Waals surface area contributed by atoms with Crippen molar-refractivity contribution in [3.05, 3.63) is 17.9 Å². The van der Waals surface area contributed by atoms with Crippen molar-refractivity contribution in [2.24, 2.45) is 0 Å². The van der Waals surface area contributed by atoms with Gasteiger partial charge in [-0.3, -0.25) is 0 Å². The van der Waals surface area contributed by atoms with E-state index in [0.29, 0.717) is 6.61 Å². The Hall–Kier alpha value is -0.890. The van der Waals surface area contributed by atoms with Crippen molar-refractivity contribution < 1.29 is 22.7 Å². The van der Waals surface area contributed by atoms with E-state index in [2.05, 4.69) is 4.72 Å². The molecule has 1 saturated heterocycles. The maximum atomic E-state index is 11.9. The Morgan fingerprint density at radius 2 is 2.28 bits per heavy atom. The van der Waals surface area contributed by atoms with Crippen LogP contribution in [-0.4, -0.2) is 32.3 Å². The van der Waals surface area contributed by atoms with E-state index >= 15 is 0 Å². The lowest BCUT2D eigenvalue weighted by molar-refractivity contribution is 0.0250. The standard InChI is InChI=1S/C11H17NO5S/c1-11(5-2-6-16-11)8-12-18(14,15)10-4-3-9(7-13)17-10/h3-4,12-13H,2,5-8H2,1H3. The van der Waals surface area contributed by atoms with Crippen LogP contribution in [0.4, 0.5) is 0 Å². The van der Waals surface area contributed by atoms with Crippen LogP contribution in [0.3, 0.4) is 0 Å². The molecule has 2 heterocycles. The molecule has 102 valence electrons. The molecule has 6 nitrogen and oxygen atoms in total. The molecular weight excluding hydrogens is 258 g/mol. The SMILES string of the molecule is CC1(CNS(=O)(=O)c2ccc(CO)o2)CCCO1. The highest BCUT2D eigenvalue weighted by Crippen LogP contribution is 2.24. The average molecular weight is 275 g/mol. The second kappa shape index (κ2) is 5.00. The first-order chi connectivity index (χ1) is 8.45. The van der Waals surface area contributed by atoms with Gasteiger partial charge in [0.15, 0.2) is 0 Å². The van der Waals surface area contributed by atoms with Gasteiger partial charge in [0, 0.05) is 13.2 Å². The molecule has 0 aliphatic carbocycles. The fourth-order valence-corrected chi connectivity index (χ4v) is 2.98. The first kappa shape index (κ1) is 13.5. The van der Waals surface area contributed by atoms with Gasteiger partial charge < -0.3 is 14.3 Å². The van der Waals surface area contributed by atoms with Crippen LogP contribution < -0.4 is 4.72 Å². The summed E-state index contributed by atoms with van der Waals surface area (Å²) < 4.78 is 36.8. The molecule has 1 aromatic rings. The van der Waals surface area contributed by atoms with Crippen LogP contribution in [0, 0.1) is 0 Å². The summed E-state index contributed by atoms with van der Waals surface area (Å²) in [5, 5.41) is 8.64. The lowest BCUT2D eigenvalue weighted by Gasteiger charge is -2.22. The highest BCUT2D eigenvalue weighted by molar-refractivity contribution is 7.89. The fraction of sp³-hybridized carbons (Fsp3) is 0.636. The molecule has 1 aliphatic rings. The quantitative estimate of drug-likeness (QED) is 0.822. The van der Waals surface area contributed by atoms with Crippen molar-refractivity contribution >= 4 is 10.0 Å². The average Bonchev–Trinajstić information content (AvgIpc) is 2.96. The lowest BCUT2D eigenvalue weighted by atomic mass is 10.0. The van der Waals surface area contributed by atoms with E-state index in [9.17, 15) is 8.42 Å². The number of aliphatic hydroxyl groups excluding tert-OH is 1. The van der Waals surface area contributed by atoms with Crippen molar-refractivity contribution in [1.82, 2.24) is 4.72 Å². The van der Waals surface area contributed by atoms with Crippen LogP contribution in [0.15, 0.2) is 21.6 Å². The van der Waals surface area contributed by atoms with Gasteiger partial charge in [0.25, 0.3) is 10.0 Å². The maximum Gasteiger partial charge on any atom is 0.274 e. The third-order valence-electron chi connectivity index (χ3n) is 2.99. The highest BCUT2D eigenvalue weighted by atomic mass is 32.2. The van der Waals surface area contributed by atoms with Gasteiger partial charge in [0.05, 0.1) is 5.60 Å². The van der Waals surface area contributed by atoms with Gasteiger partial charge in [-0.2, -0.15) is 0 Å². The van der Waals surface area contributed by atoms with Crippen LogP contribution in [-0.2, 0) is 21.4 Å².